The van der Waals surface area contributed by atoms with Crippen LogP contribution in [0.15, 0.2) is 0 Å². The molecule has 0 amide bonds. The Bertz CT molecular complexity index is 429. The Balaban J connectivity index is 2.47. The van der Waals surface area contributed by atoms with Crippen LogP contribution in [0.1, 0.15) is 72.2 Å². The van der Waals surface area contributed by atoms with Crippen LogP contribution < -0.4 is 0 Å². The van der Waals surface area contributed by atoms with Crippen molar-refractivity contribution in [3.63, 3.8) is 0 Å². The molecule has 0 spiro atoms. The first-order chi connectivity index (χ1) is 8.23. The average Bonchev–Trinajstić information content (AvgIpc) is 2.59. The van der Waals surface area contributed by atoms with Gasteiger partial charge in [-0.1, -0.05) is 47.5 Å². The molecule has 1 saturated carbocycles. The van der Waals surface area contributed by atoms with Gasteiger partial charge in [0.1, 0.15) is 5.82 Å². The highest BCUT2D eigenvalue weighted by molar-refractivity contribution is 6.28. The van der Waals surface area contributed by atoms with E-state index in [1.165, 1.54) is 25.7 Å². The van der Waals surface area contributed by atoms with Gasteiger partial charge in [-0.25, -0.2) is 0 Å². The van der Waals surface area contributed by atoms with Crippen molar-refractivity contribution < 1.29 is 0 Å². The molecule has 0 radical (unpaired) electrons. The Labute approximate surface area is 115 Å². The van der Waals surface area contributed by atoms with Gasteiger partial charge in [0.15, 0.2) is 0 Å². The molecule has 0 aromatic carbocycles. The second-order valence-electron chi connectivity index (χ2n) is 7.16. The van der Waals surface area contributed by atoms with Crippen LogP contribution in [-0.2, 0) is 5.41 Å². The van der Waals surface area contributed by atoms with E-state index < -0.39 is 0 Å². The van der Waals surface area contributed by atoms with Crippen LogP contribution >= 0.6 is 11.6 Å². The van der Waals surface area contributed by atoms with Gasteiger partial charge in [-0.3, -0.25) is 4.57 Å². The smallest absolute Gasteiger partial charge is 0.225 e. The second-order valence-corrected chi connectivity index (χ2v) is 7.50. The van der Waals surface area contributed by atoms with Crippen LogP contribution in [0, 0.1) is 5.41 Å². The fraction of sp³-hybridized carbons (Fsp3) is 0.857. The zero-order chi connectivity index (χ0) is 13.6. The third kappa shape index (κ3) is 2.42. The first-order valence-corrected chi connectivity index (χ1v) is 7.22. The van der Waals surface area contributed by atoms with Crippen LogP contribution in [-0.4, -0.2) is 14.8 Å². The van der Waals surface area contributed by atoms with Crippen LogP contribution in [0.5, 0.6) is 0 Å². The molecule has 0 aliphatic heterocycles. The van der Waals surface area contributed by atoms with Crippen molar-refractivity contribution >= 4 is 11.6 Å². The molecule has 3 nitrogen and oxygen atoms in total. The van der Waals surface area contributed by atoms with Crippen molar-refractivity contribution in [3.8, 4) is 0 Å². The molecule has 1 atom stereocenters. The van der Waals surface area contributed by atoms with E-state index in [1.54, 1.807) is 0 Å². The summed E-state index contributed by atoms with van der Waals surface area (Å²) in [5.74, 6) is 1.01. The zero-order valence-electron chi connectivity index (χ0n) is 12.1. The first kappa shape index (κ1) is 13.9. The summed E-state index contributed by atoms with van der Waals surface area (Å²) < 4.78 is 2.18. The highest BCUT2D eigenvalue weighted by Crippen LogP contribution is 2.46. The Morgan fingerprint density at radius 1 is 1.22 bits per heavy atom. The average molecular weight is 270 g/mol. The minimum atomic E-state index is -0.0202. The molecule has 4 heteroatoms. The number of rotatable bonds is 1. The largest absolute Gasteiger partial charge is 0.298 e. The molecule has 1 aliphatic carbocycles. The molecule has 1 unspecified atom stereocenters. The van der Waals surface area contributed by atoms with E-state index in [0.29, 0.717) is 11.3 Å². The monoisotopic (exact) mass is 269 g/mol. The summed E-state index contributed by atoms with van der Waals surface area (Å²) in [7, 11) is 0. The second kappa shape index (κ2) is 4.52. The molecule has 1 fully saturated rings. The molecule has 0 N–H and O–H groups in total. The Morgan fingerprint density at radius 2 is 1.89 bits per heavy atom. The van der Waals surface area contributed by atoms with Gasteiger partial charge in [-0.15, -0.1) is 10.2 Å². The summed E-state index contributed by atoms with van der Waals surface area (Å²) in [5, 5.41) is 8.95. The molecule has 1 aromatic rings. The van der Waals surface area contributed by atoms with Crippen molar-refractivity contribution in [2.75, 3.05) is 0 Å². The summed E-state index contributed by atoms with van der Waals surface area (Å²) in [6.45, 7) is 11.2. The van der Waals surface area contributed by atoms with Gasteiger partial charge >= 0.3 is 0 Å². The van der Waals surface area contributed by atoms with E-state index in [0.717, 1.165) is 5.82 Å². The van der Waals surface area contributed by atoms with E-state index in [9.17, 15) is 0 Å². The van der Waals surface area contributed by atoms with E-state index in [-0.39, 0.29) is 10.8 Å². The van der Waals surface area contributed by atoms with E-state index in [2.05, 4.69) is 49.4 Å². The quantitative estimate of drug-likeness (QED) is 0.758. The third-order valence-corrected chi connectivity index (χ3v) is 4.35. The van der Waals surface area contributed by atoms with Gasteiger partial charge in [0, 0.05) is 11.5 Å². The molecule has 1 aromatic heterocycles. The normalized spacial score (nSPS) is 24.2. The van der Waals surface area contributed by atoms with Crippen LogP contribution in [0.2, 0.25) is 5.28 Å². The number of halogens is 1. The van der Waals surface area contributed by atoms with E-state index >= 15 is 0 Å². The molecular formula is C14H24ClN3. The lowest BCUT2D eigenvalue weighted by Gasteiger charge is -2.41. The molecule has 0 bridgehead atoms. The lowest BCUT2D eigenvalue weighted by molar-refractivity contribution is 0.138. The lowest BCUT2D eigenvalue weighted by atomic mass is 9.73. The van der Waals surface area contributed by atoms with Gasteiger partial charge in [0.05, 0.1) is 0 Å². The van der Waals surface area contributed by atoms with Crippen molar-refractivity contribution in [2.24, 2.45) is 5.41 Å². The molecule has 102 valence electrons. The Morgan fingerprint density at radius 3 is 2.44 bits per heavy atom. The predicted molar refractivity (Wildman–Crippen MR) is 75.0 cm³/mol. The van der Waals surface area contributed by atoms with Gasteiger partial charge in [0.25, 0.3) is 0 Å². The maximum atomic E-state index is 6.30. The van der Waals surface area contributed by atoms with Crippen LogP contribution in [0.4, 0.5) is 0 Å². The number of nitrogens with zero attached hydrogens (tertiary/aromatic N) is 3. The molecule has 0 saturated heterocycles. The Kier molecular flexibility index (Phi) is 3.48. The first-order valence-electron chi connectivity index (χ1n) is 6.84. The minimum absolute atomic E-state index is 0.0202. The SMILES string of the molecule is CC(C)(C)c1nnc(Cl)n1C1CCCCC1(C)C. The summed E-state index contributed by atoms with van der Waals surface area (Å²) in [4.78, 5) is 0. The van der Waals surface area contributed by atoms with Crippen molar-refractivity contribution in [3.05, 3.63) is 11.1 Å². The highest BCUT2D eigenvalue weighted by Gasteiger charge is 2.38. The Hall–Kier alpha value is -0.570. The topological polar surface area (TPSA) is 30.7 Å². The summed E-state index contributed by atoms with van der Waals surface area (Å²) in [5.41, 5.74) is 0.248. The predicted octanol–water partition coefficient (Wildman–Crippen LogP) is 4.37. The summed E-state index contributed by atoms with van der Waals surface area (Å²) in [6, 6.07) is 0.419. The van der Waals surface area contributed by atoms with Crippen LogP contribution in [0.25, 0.3) is 0 Å². The zero-order valence-corrected chi connectivity index (χ0v) is 12.9. The fourth-order valence-corrected chi connectivity index (χ4v) is 3.25. The lowest BCUT2D eigenvalue weighted by Crippen LogP contribution is -2.33. The standard InChI is InChI=1S/C14H24ClN3/c1-13(2,3)11-16-17-12(15)18(11)10-8-6-7-9-14(10,4)5/h10H,6-9H2,1-5H3. The van der Waals surface area contributed by atoms with Crippen molar-refractivity contribution in [1.29, 1.82) is 0 Å². The minimum Gasteiger partial charge on any atom is -0.298 e. The van der Waals surface area contributed by atoms with Crippen molar-refractivity contribution in [1.82, 2.24) is 14.8 Å². The van der Waals surface area contributed by atoms with Crippen molar-refractivity contribution in [2.45, 2.75) is 71.8 Å². The molecule has 2 rings (SSSR count). The highest BCUT2D eigenvalue weighted by atomic mass is 35.5. The number of hydrogen-bond acceptors (Lipinski definition) is 2. The molecule has 1 aliphatic rings. The molecule has 18 heavy (non-hydrogen) atoms. The molecule has 1 heterocycles. The van der Waals surface area contributed by atoms with E-state index in [1.807, 2.05) is 0 Å². The van der Waals surface area contributed by atoms with E-state index in [4.69, 9.17) is 11.6 Å². The van der Waals surface area contributed by atoms with Crippen LogP contribution in [0.3, 0.4) is 0 Å². The maximum absolute atomic E-state index is 6.30. The summed E-state index contributed by atoms with van der Waals surface area (Å²) >= 11 is 6.30. The van der Waals surface area contributed by atoms with Gasteiger partial charge in [0.2, 0.25) is 5.28 Å². The third-order valence-electron chi connectivity index (χ3n) is 4.09. The number of aromatic nitrogens is 3. The number of hydrogen-bond donors (Lipinski definition) is 0. The molecular weight excluding hydrogens is 246 g/mol. The van der Waals surface area contributed by atoms with Gasteiger partial charge in [-0.2, -0.15) is 0 Å². The van der Waals surface area contributed by atoms with Gasteiger partial charge < -0.3 is 0 Å². The fourth-order valence-electron chi connectivity index (χ4n) is 3.01. The summed E-state index contributed by atoms with van der Waals surface area (Å²) in [6.07, 6.45) is 5.00. The van der Waals surface area contributed by atoms with Gasteiger partial charge in [-0.05, 0) is 29.9 Å². The maximum Gasteiger partial charge on any atom is 0.225 e.